The lowest BCUT2D eigenvalue weighted by Crippen LogP contribution is -1.93. The van der Waals surface area contributed by atoms with E-state index in [0.29, 0.717) is 16.5 Å². The molecule has 0 atom stereocenters. The molecule has 0 aliphatic carbocycles. The van der Waals surface area contributed by atoms with Crippen molar-refractivity contribution >= 4 is 11.6 Å². The summed E-state index contributed by atoms with van der Waals surface area (Å²) in [6.45, 7) is 1.76. The van der Waals surface area contributed by atoms with E-state index in [9.17, 15) is 0 Å². The fourth-order valence-corrected chi connectivity index (χ4v) is 1.03. The summed E-state index contributed by atoms with van der Waals surface area (Å²) in [6.07, 6.45) is 0. The van der Waals surface area contributed by atoms with Gasteiger partial charge in [0.05, 0.1) is 17.8 Å². The van der Waals surface area contributed by atoms with Crippen molar-refractivity contribution in [3.63, 3.8) is 0 Å². The number of hydrogen-bond donors (Lipinski definition) is 0. The van der Waals surface area contributed by atoms with Crippen LogP contribution in [0, 0.1) is 18.3 Å². The van der Waals surface area contributed by atoms with Gasteiger partial charge < -0.3 is 4.74 Å². The Kier molecular flexibility index (Phi) is 2.51. The monoisotopic (exact) mass is 182 g/mol. The topological polar surface area (TPSA) is 45.9 Å². The van der Waals surface area contributed by atoms with E-state index in [0.717, 1.165) is 0 Å². The maximum atomic E-state index is 8.57. The van der Waals surface area contributed by atoms with Crippen molar-refractivity contribution in [1.82, 2.24) is 4.98 Å². The fraction of sp³-hybridized carbons (Fsp3) is 0.250. The summed E-state index contributed by atoms with van der Waals surface area (Å²) >= 11 is 5.72. The van der Waals surface area contributed by atoms with E-state index in [4.69, 9.17) is 21.6 Å². The third-order valence-corrected chi connectivity index (χ3v) is 1.73. The predicted molar refractivity (Wildman–Crippen MR) is 45.3 cm³/mol. The number of pyridine rings is 1. The predicted octanol–water partition coefficient (Wildman–Crippen LogP) is 1.92. The van der Waals surface area contributed by atoms with Crippen molar-refractivity contribution in [3.8, 4) is 11.8 Å². The number of aromatic nitrogens is 1. The first-order valence-electron chi connectivity index (χ1n) is 3.30. The molecule has 0 unspecified atom stereocenters. The van der Waals surface area contributed by atoms with Crippen LogP contribution in [-0.4, -0.2) is 12.1 Å². The molecule has 1 aromatic heterocycles. The van der Waals surface area contributed by atoms with E-state index in [1.54, 1.807) is 13.0 Å². The first-order valence-corrected chi connectivity index (χ1v) is 3.68. The minimum Gasteiger partial charge on any atom is -0.495 e. The van der Waals surface area contributed by atoms with Crippen molar-refractivity contribution in [2.45, 2.75) is 6.92 Å². The number of hydrogen-bond acceptors (Lipinski definition) is 3. The summed E-state index contributed by atoms with van der Waals surface area (Å²) in [6, 6.07) is 3.47. The second kappa shape index (κ2) is 3.42. The molecule has 0 radical (unpaired) electrons. The van der Waals surface area contributed by atoms with Crippen LogP contribution in [0.5, 0.6) is 5.75 Å². The summed E-state index contributed by atoms with van der Waals surface area (Å²) in [7, 11) is 1.53. The number of nitriles is 1. The molecule has 1 aromatic rings. The van der Waals surface area contributed by atoms with E-state index in [1.807, 2.05) is 6.07 Å². The first kappa shape index (κ1) is 8.82. The third-order valence-electron chi connectivity index (χ3n) is 1.45. The molecule has 0 saturated carbocycles. The number of ether oxygens (including phenoxy) is 1. The molecule has 0 amide bonds. The summed E-state index contributed by atoms with van der Waals surface area (Å²) < 4.78 is 4.97. The van der Waals surface area contributed by atoms with Crippen molar-refractivity contribution in [2.75, 3.05) is 7.11 Å². The minimum absolute atomic E-state index is 0.231. The maximum absolute atomic E-state index is 8.57. The lowest BCUT2D eigenvalue weighted by Gasteiger charge is -2.03. The standard InChI is InChI=1S/C8H7ClN2O/c1-5-8(12-2)3-6(9)7(4-10)11-5/h3H,1-2H3. The highest BCUT2D eigenvalue weighted by atomic mass is 35.5. The lowest BCUT2D eigenvalue weighted by atomic mass is 10.3. The molecular formula is C8H7ClN2O. The van der Waals surface area contributed by atoms with Gasteiger partial charge in [-0.15, -0.1) is 0 Å². The van der Waals surface area contributed by atoms with Crippen LogP contribution < -0.4 is 4.74 Å². The molecule has 1 heterocycles. The van der Waals surface area contributed by atoms with Crippen LogP contribution >= 0.6 is 11.6 Å². The van der Waals surface area contributed by atoms with Gasteiger partial charge in [0.1, 0.15) is 11.8 Å². The molecule has 0 spiro atoms. The molecular weight excluding hydrogens is 176 g/mol. The van der Waals surface area contributed by atoms with Crippen LogP contribution in [0.3, 0.4) is 0 Å². The Labute approximate surface area is 75.6 Å². The van der Waals surface area contributed by atoms with Crippen molar-refractivity contribution < 1.29 is 4.74 Å². The normalized spacial score (nSPS) is 9.17. The van der Waals surface area contributed by atoms with Gasteiger partial charge in [-0.05, 0) is 6.92 Å². The zero-order chi connectivity index (χ0) is 9.14. The van der Waals surface area contributed by atoms with Gasteiger partial charge in [-0.3, -0.25) is 0 Å². The Morgan fingerprint density at radius 1 is 1.67 bits per heavy atom. The quantitative estimate of drug-likeness (QED) is 0.667. The Balaban J connectivity index is 3.28. The molecule has 0 aliphatic rings. The Bertz CT molecular complexity index is 343. The summed E-state index contributed by atoms with van der Waals surface area (Å²) in [5, 5.41) is 8.89. The van der Waals surface area contributed by atoms with Crippen LogP contribution in [-0.2, 0) is 0 Å². The molecule has 0 aromatic carbocycles. The highest BCUT2D eigenvalue weighted by molar-refractivity contribution is 6.31. The summed E-state index contributed by atoms with van der Waals surface area (Å²) in [5.41, 5.74) is 0.897. The van der Waals surface area contributed by atoms with Gasteiger partial charge in [-0.2, -0.15) is 5.26 Å². The highest BCUT2D eigenvalue weighted by Gasteiger charge is 2.06. The average molecular weight is 183 g/mol. The highest BCUT2D eigenvalue weighted by Crippen LogP contribution is 2.22. The van der Waals surface area contributed by atoms with Crippen LogP contribution in [0.15, 0.2) is 6.07 Å². The fourth-order valence-electron chi connectivity index (χ4n) is 0.849. The minimum atomic E-state index is 0.231. The first-order chi connectivity index (χ1) is 5.69. The second-order valence-corrected chi connectivity index (χ2v) is 2.63. The summed E-state index contributed by atoms with van der Waals surface area (Å²) in [5.74, 6) is 0.596. The molecule has 4 heteroatoms. The number of nitrogens with zero attached hydrogens (tertiary/aromatic N) is 2. The van der Waals surface area contributed by atoms with E-state index in [1.165, 1.54) is 7.11 Å². The zero-order valence-corrected chi connectivity index (χ0v) is 7.51. The van der Waals surface area contributed by atoms with Gasteiger partial charge in [0.25, 0.3) is 0 Å². The van der Waals surface area contributed by atoms with Crippen molar-refractivity contribution in [2.24, 2.45) is 0 Å². The van der Waals surface area contributed by atoms with E-state index < -0.39 is 0 Å². The second-order valence-electron chi connectivity index (χ2n) is 2.22. The molecule has 62 valence electrons. The van der Waals surface area contributed by atoms with Crippen LogP contribution in [0.25, 0.3) is 0 Å². The van der Waals surface area contributed by atoms with Gasteiger partial charge in [0.15, 0.2) is 5.69 Å². The third kappa shape index (κ3) is 1.49. The van der Waals surface area contributed by atoms with Crippen LogP contribution in [0.4, 0.5) is 0 Å². The lowest BCUT2D eigenvalue weighted by molar-refractivity contribution is 0.409. The van der Waals surface area contributed by atoms with Gasteiger partial charge in [0.2, 0.25) is 0 Å². The molecule has 0 N–H and O–H groups in total. The molecule has 3 nitrogen and oxygen atoms in total. The largest absolute Gasteiger partial charge is 0.495 e. The molecule has 0 bridgehead atoms. The molecule has 0 saturated heterocycles. The number of aryl methyl sites for hydroxylation is 1. The van der Waals surface area contributed by atoms with Crippen LogP contribution in [0.1, 0.15) is 11.4 Å². The molecule has 0 fully saturated rings. The van der Waals surface area contributed by atoms with Gasteiger partial charge >= 0.3 is 0 Å². The van der Waals surface area contributed by atoms with Gasteiger partial charge in [0, 0.05) is 6.07 Å². The number of halogens is 1. The molecule has 1 rings (SSSR count). The van der Waals surface area contributed by atoms with Gasteiger partial charge in [-0.1, -0.05) is 11.6 Å². The molecule has 12 heavy (non-hydrogen) atoms. The van der Waals surface area contributed by atoms with Crippen LogP contribution in [0.2, 0.25) is 5.02 Å². The maximum Gasteiger partial charge on any atom is 0.159 e. The van der Waals surface area contributed by atoms with Crippen molar-refractivity contribution in [1.29, 1.82) is 5.26 Å². The Hall–Kier alpha value is -1.27. The summed E-state index contributed by atoms with van der Waals surface area (Å²) in [4.78, 5) is 3.94. The smallest absolute Gasteiger partial charge is 0.159 e. The number of methoxy groups -OCH3 is 1. The average Bonchev–Trinajstić information content (AvgIpc) is 2.08. The van der Waals surface area contributed by atoms with E-state index >= 15 is 0 Å². The van der Waals surface area contributed by atoms with Crippen molar-refractivity contribution in [3.05, 3.63) is 22.5 Å². The Morgan fingerprint density at radius 2 is 2.33 bits per heavy atom. The number of rotatable bonds is 1. The van der Waals surface area contributed by atoms with E-state index in [-0.39, 0.29) is 5.69 Å². The SMILES string of the molecule is COc1cc(Cl)c(C#N)nc1C. The van der Waals surface area contributed by atoms with E-state index in [2.05, 4.69) is 4.98 Å². The molecule has 0 aliphatic heterocycles. The zero-order valence-electron chi connectivity index (χ0n) is 6.76. The van der Waals surface area contributed by atoms with Gasteiger partial charge in [-0.25, -0.2) is 4.98 Å². The Morgan fingerprint density at radius 3 is 2.83 bits per heavy atom.